The summed E-state index contributed by atoms with van der Waals surface area (Å²) in [7, 11) is 3.97. The van der Waals surface area contributed by atoms with Crippen molar-refractivity contribution in [3.05, 3.63) is 82.3 Å². The van der Waals surface area contributed by atoms with E-state index >= 15 is 0 Å². The molecule has 0 saturated heterocycles. The summed E-state index contributed by atoms with van der Waals surface area (Å²) in [5, 5.41) is 0. The number of nitrogens with zero attached hydrogens (tertiary/aromatic N) is 6. The molecule has 9 heteroatoms. The molecule has 0 atom stereocenters. The van der Waals surface area contributed by atoms with Crippen LogP contribution in [0, 0.1) is 20.8 Å². The number of aromatic nitrogens is 6. The summed E-state index contributed by atoms with van der Waals surface area (Å²) >= 11 is 0. The number of rotatable bonds is 6. The van der Waals surface area contributed by atoms with E-state index in [1.54, 1.807) is 16.7 Å². The normalized spacial score (nSPS) is 10.5. The van der Waals surface area contributed by atoms with Crippen molar-refractivity contribution in [3.8, 4) is 0 Å². The Bertz CT molecular complexity index is 1210. The topological polar surface area (TPSA) is 105 Å². The third-order valence-corrected chi connectivity index (χ3v) is 7.22. The number of hydrogen-bond donors (Lipinski definition) is 0. The number of aryl methyl sites for hydroxylation is 3. The Morgan fingerprint density at radius 1 is 0.436 bits per heavy atom. The summed E-state index contributed by atoms with van der Waals surface area (Å²) in [5.74, 6) is 2.75. The van der Waals surface area contributed by atoms with Gasteiger partial charge in [0, 0.05) is 40.4 Å². The summed E-state index contributed by atoms with van der Waals surface area (Å²) in [6.45, 7) is 19.9. The molecule has 0 unspecified atom stereocenters. The monoisotopic (exact) mass is 540 g/mol. The van der Waals surface area contributed by atoms with Crippen LogP contribution in [0.5, 0.6) is 0 Å². The molecular weight excluding hydrogens is 492 g/mol. The van der Waals surface area contributed by atoms with Crippen LogP contribution in [0.2, 0.25) is 0 Å². The minimum Gasteiger partial charge on any atom is -0.248 e. The Hall–Kier alpha value is -3.36. The zero-order valence-electron chi connectivity index (χ0n) is 26.2. The van der Waals surface area contributed by atoms with Gasteiger partial charge >= 0.3 is 17.1 Å². The van der Waals surface area contributed by atoms with Gasteiger partial charge < -0.3 is 0 Å². The first-order chi connectivity index (χ1) is 18.3. The van der Waals surface area contributed by atoms with Gasteiger partial charge in [-0.3, -0.25) is 0 Å². The van der Waals surface area contributed by atoms with Crippen molar-refractivity contribution in [1.29, 1.82) is 0 Å². The Balaban J connectivity index is 0.000000295. The Morgan fingerprint density at radius 3 is 0.795 bits per heavy atom. The molecule has 0 aliphatic heterocycles. The summed E-state index contributed by atoms with van der Waals surface area (Å²) in [6.07, 6.45) is 6.17. The molecule has 3 aromatic rings. The molecular formula is C30H48N6O3. The third-order valence-electron chi connectivity index (χ3n) is 7.22. The van der Waals surface area contributed by atoms with Crippen molar-refractivity contribution < 1.29 is 0 Å². The maximum Gasteiger partial charge on any atom is 0.335 e. The smallest absolute Gasteiger partial charge is 0.248 e. The Labute approximate surface area is 233 Å². The van der Waals surface area contributed by atoms with E-state index in [1.807, 2.05) is 0 Å². The molecule has 0 aliphatic rings. The molecule has 2 heterocycles. The lowest BCUT2D eigenvalue weighted by atomic mass is 9.85. The van der Waals surface area contributed by atoms with Crippen molar-refractivity contribution in [1.82, 2.24) is 28.7 Å². The molecule has 39 heavy (non-hydrogen) atoms. The highest BCUT2D eigenvalue weighted by molar-refractivity contribution is 5.50. The fourth-order valence-electron chi connectivity index (χ4n) is 4.90. The van der Waals surface area contributed by atoms with Crippen LogP contribution in [-0.4, -0.2) is 28.7 Å². The van der Waals surface area contributed by atoms with Gasteiger partial charge in [-0.25, -0.2) is 43.0 Å². The van der Waals surface area contributed by atoms with E-state index < -0.39 is 17.1 Å². The van der Waals surface area contributed by atoms with Crippen molar-refractivity contribution >= 4 is 0 Å². The highest BCUT2D eigenvalue weighted by atomic mass is 16.2. The van der Waals surface area contributed by atoms with Gasteiger partial charge in [0.1, 0.15) is 17.5 Å². The quantitative estimate of drug-likeness (QED) is 0.473. The second-order valence-electron chi connectivity index (χ2n) is 9.54. The van der Waals surface area contributed by atoms with Crippen molar-refractivity contribution in [2.45, 2.75) is 101 Å². The molecule has 0 radical (unpaired) electrons. The van der Waals surface area contributed by atoms with Crippen LogP contribution in [0.3, 0.4) is 0 Å². The molecule has 2 aromatic heterocycles. The summed E-state index contributed by atoms with van der Waals surface area (Å²) in [4.78, 5) is 46.1. The number of benzene rings is 1. The minimum atomic E-state index is -0.608. The molecule has 0 amide bonds. The van der Waals surface area contributed by atoms with Gasteiger partial charge in [0.15, 0.2) is 0 Å². The fraction of sp³-hybridized carbons (Fsp3) is 0.600. The minimum absolute atomic E-state index is 0.608. The van der Waals surface area contributed by atoms with Gasteiger partial charge in [0.05, 0.1) is 0 Å². The van der Waals surface area contributed by atoms with Crippen LogP contribution < -0.4 is 17.1 Å². The molecule has 1 aromatic carbocycles. The average molecular weight is 541 g/mol. The maximum absolute atomic E-state index is 11.1. The molecule has 0 spiro atoms. The standard InChI is InChI=1S/C15H24.C9H15N3.C6H9N3O3/c1-7-13-10(4)14(8-2)12(6)15(9-3)11(13)5;1-4-7-10-8(5-2)12-9(6-3)11-7;1-7-4(10)8(2)6(12)9(3)5(7)11/h7-9H2,1-6H3;4-6H2,1-3H3;1-3H3. The Kier molecular flexibility index (Phi) is 13.2. The highest BCUT2D eigenvalue weighted by Crippen LogP contribution is 2.28. The van der Waals surface area contributed by atoms with Gasteiger partial charge in [0.25, 0.3) is 0 Å². The third kappa shape index (κ3) is 7.83. The van der Waals surface area contributed by atoms with Crippen LogP contribution >= 0.6 is 0 Å². The first-order valence-electron chi connectivity index (χ1n) is 14.0. The molecule has 0 bridgehead atoms. The molecule has 0 saturated carbocycles. The van der Waals surface area contributed by atoms with Crippen molar-refractivity contribution in [3.63, 3.8) is 0 Å². The molecule has 216 valence electrons. The fourth-order valence-corrected chi connectivity index (χ4v) is 4.90. The van der Waals surface area contributed by atoms with Crippen LogP contribution in [-0.2, 0) is 59.7 Å². The first-order valence-corrected chi connectivity index (χ1v) is 14.0. The van der Waals surface area contributed by atoms with E-state index in [2.05, 4.69) is 77.3 Å². The van der Waals surface area contributed by atoms with Gasteiger partial charge in [-0.15, -0.1) is 0 Å². The van der Waals surface area contributed by atoms with Gasteiger partial charge in [-0.05, 0) is 73.4 Å². The van der Waals surface area contributed by atoms with E-state index in [9.17, 15) is 14.4 Å². The second kappa shape index (κ2) is 15.3. The average Bonchev–Trinajstić information content (AvgIpc) is 2.95. The molecule has 0 aliphatic carbocycles. The SMILES string of the molecule is CCc1c(C)c(CC)c(C)c(CC)c1C.CCc1nc(CC)nc(CC)n1.Cn1c(=O)n(C)c(=O)n(C)c1=O. The number of hydrogen-bond acceptors (Lipinski definition) is 6. The van der Waals surface area contributed by atoms with Gasteiger partial charge in [-0.1, -0.05) is 41.5 Å². The molecule has 0 N–H and O–H groups in total. The first kappa shape index (κ1) is 33.7. The Morgan fingerprint density at radius 2 is 0.641 bits per heavy atom. The predicted octanol–water partition coefficient (Wildman–Crippen LogP) is 3.64. The zero-order chi connectivity index (χ0) is 30.0. The van der Waals surface area contributed by atoms with Crippen LogP contribution in [0.15, 0.2) is 14.4 Å². The second-order valence-corrected chi connectivity index (χ2v) is 9.54. The van der Waals surface area contributed by atoms with E-state index in [0.29, 0.717) is 0 Å². The van der Waals surface area contributed by atoms with Gasteiger partial charge in [0.2, 0.25) is 0 Å². The molecule has 9 nitrogen and oxygen atoms in total. The van der Waals surface area contributed by atoms with E-state index in [0.717, 1.165) is 69.7 Å². The van der Waals surface area contributed by atoms with Crippen molar-refractivity contribution in [2.75, 3.05) is 0 Å². The highest BCUT2D eigenvalue weighted by Gasteiger charge is 2.13. The largest absolute Gasteiger partial charge is 0.335 e. The summed E-state index contributed by atoms with van der Waals surface area (Å²) in [6, 6.07) is 0. The maximum atomic E-state index is 11.1. The summed E-state index contributed by atoms with van der Waals surface area (Å²) in [5.41, 5.74) is 7.51. The lowest BCUT2D eigenvalue weighted by Gasteiger charge is -2.20. The van der Waals surface area contributed by atoms with Crippen LogP contribution in [0.1, 0.15) is 92.4 Å². The van der Waals surface area contributed by atoms with Crippen LogP contribution in [0.4, 0.5) is 0 Å². The van der Waals surface area contributed by atoms with E-state index in [-0.39, 0.29) is 0 Å². The molecule has 0 fully saturated rings. The van der Waals surface area contributed by atoms with Crippen molar-refractivity contribution in [2.24, 2.45) is 21.1 Å². The molecule has 3 rings (SSSR count). The lowest BCUT2D eigenvalue weighted by Crippen LogP contribution is -2.51. The van der Waals surface area contributed by atoms with Crippen LogP contribution in [0.25, 0.3) is 0 Å². The summed E-state index contributed by atoms with van der Waals surface area (Å²) < 4.78 is 2.63. The van der Waals surface area contributed by atoms with E-state index in [1.165, 1.54) is 37.8 Å². The zero-order valence-corrected chi connectivity index (χ0v) is 26.2. The predicted molar refractivity (Wildman–Crippen MR) is 159 cm³/mol. The van der Waals surface area contributed by atoms with Gasteiger partial charge in [-0.2, -0.15) is 0 Å². The van der Waals surface area contributed by atoms with E-state index in [4.69, 9.17) is 0 Å². The lowest BCUT2D eigenvalue weighted by molar-refractivity contribution is 0.551.